The summed E-state index contributed by atoms with van der Waals surface area (Å²) in [7, 11) is 1.30. The monoisotopic (exact) mass is 381 g/mol. The van der Waals surface area contributed by atoms with Crippen molar-refractivity contribution in [2.45, 2.75) is 20.8 Å². The third kappa shape index (κ3) is 3.09. The second-order valence-corrected chi connectivity index (χ2v) is 6.65. The van der Waals surface area contributed by atoms with Crippen LogP contribution in [0.3, 0.4) is 0 Å². The minimum atomic E-state index is -0.999. The molecular formula is C20H19N3O5. The fraction of sp³-hybridized carbons (Fsp3) is 0.200. The second-order valence-electron chi connectivity index (χ2n) is 6.65. The molecule has 1 aromatic heterocycles. The van der Waals surface area contributed by atoms with Crippen LogP contribution >= 0.6 is 0 Å². The Morgan fingerprint density at radius 3 is 2.39 bits per heavy atom. The zero-order valence-electron chi connectivity index (χ0n) is 15.9. The first-order valence-corrected chi connectivity index (χ1v) is 8.50. The third-order valence-corrected chi connectivity index (χ3v) is 4.76. The molecular weight excluding hydrogens is 362 g/mol. The predicted octanol–water partition coefficient (Wildman–Crippen LogP) is 2.19. The highest BCUT2D eigenvalue weighted by Gasteiger charge is 2.33. The number of nitrogens with one attached hydrogen (secondary N) is 1. The van der Waals surface area contributed by atoms with E-state index < -0.39 is 23.8 Å². The molecule has 0 bridgehead atoms. The van der Waals surface area contributed by atoms with E-state index in [0.717, 1.165) is 27.5 Å². The van der Waals surface area contributed by atoms with Crippen LogP contribution in [0.15, 0.2) is 29.8 Å². The van der Waals surface area contributed by atoms with E-state index in [1.54, 1.807) is 12.1 Å². The molecule has 144 valence electrons. The summed E-state index contributed by atoms with van der Waals surface area (Å²) in [6.45, 7) is 5.53. The fourth-order valence-electron chi connectivity index (χ4n) is 3.24. The van der Waals surface area contributed by atoms with Gasteiger partial charge in [0.1, 0.15) is 5.57 Å². The molecule has 0 unspecified atom stereocenters. The molecule has 1 fully saturated rings. The van der Waals surface area contributed by atoms with E-state index in [-0.39, 0.29) is 11.1 Å². The number of carbonyl (C=O) groups excluding carboxylic acids is 3. The van der Waals surface area contributed by atoms with Gasteiger partial charge in [-0.2, -0.15) is 0 Å². The topological polar surface area (TPSA) is 109 Å². The van der Waals surface area contributed by atoms with Crippen LogP contribution < -0.4 is 5.32 Å². The van der Waals surface area contributed by atoms with Crippen LogP contribution in [-0.4, -0.2) is 45.4 Å². The van der Waals surface area contributed by atoms with Crippen molar-refractivity contribution in [1.29, 1.82) is 0 Å². The maximum absolute atomic E-state index is 12.3. The summed E-state index contributed by atoms with van der Waals surface area (Å²) in [5, 5.41) is 11.3. The number of amides is 4. The summed E-state index contributed by atoms with van der Waals surface area (Å²) in [5.41, 5.74) is 3.93. The lowest BCUT2D eigenvalue weighted by Crippen LogP contribution is -2.52. The number of urea groups is 1. The number of nitrogens with zero attached hydrogens (tertiary/aromatic N) is 2. The van der Waals surface area contributed by atoms with Crippen molar-refractivity contribution in [3.63, 3.8) is 0 Å². The van der Waals surface area contributed by atoms with Crippen LogP contribution in [-0.2, 0) is 9.59 Å². The van der Waals surface area contributed by atoms with Gasteiger partial charge in [-0.1, -0.05) is 0 Å². The van der Waals surface area contributed by atoms with Gasteiger partial charge in [0.05, 0.1) is 5.56 Å². The molecule has 0 saturated carbocycles. The van der Waals surface area contributed by atoms with Crippen LogP contribution in [0.1, 0.15) is 32.9 Å². The van der Waals surface area contributed by atoms with E-state index in [2.05, 4.69) is 5.32 Å². The van der Waals surface area contributed by atoms with E-state index in [1.165, 1.54) is 19.2 Å². The van der Waals surface area contributed by atoms with Crippen LogP contribution in [0, 0.1) is 20.8 Å². The molecule has 0 aliphatic carbocycles. The molecule has 0 spiro atoms. The molecule has 2 aromatic rings. The Morgan fingerprint density at radius 2 is 1.79 bits per heavy atom. The second kappa shape index (κ2) is 6.80. The number of likely N-dealkylation sites (N-methyl/N-ethyl adjacent to an activating group) is 1. The van der Waals surface area contributed by atoms with Gasteiger partial charge >= 0.3 is 12.0 Å². The Morgan fingerprint density at radius 1 is 1.11 bits per heavy atom. The number of aromatic nitrogens is 1. The van der Waals surface area contributed by atoms with Crippen molar-refractivity contribution < 1.29 is 24.3 Å². The molecule has 8 nitrogen and oxygen atoms in total. The van der Waals surface area contributed by atoms with Crippen molar-refractivity contribution in [2.75, 3.05) is 7.05 Å². The molecule has 0 radical (unpaired) electrons. The summed E-state index contributed by atoms with van der Waals surface area (Å²) < 4.78 is 1.92. The predicted molar refractivity (Wildman–Crippen MR) is 101 cm³/mol. The number of carbonyl (C=O) groups is 4. The van der Waals surface area contributed by atoms with E-state index >= 15 is 0 Å². The normalized spacial score (nSPS) is 15.9. The minimum Gasteiger partial charge on any atom is -0.478 e. The van der Waals surface area contributed by atoms with Gasteiger partial charge in [0.15, 0.2) is 0 Å². The molecule has 4 amide bonds. The van der Waals surface area contributed by atoms with Crippen LogP contribution in [0.5, 0.6) is 0 Å². The van der Waals surface area contributed by atoms with E-state index in [9.17, 15) is 19.2 Å². The van der Waals surface area contributed by atoms with Gasteiger partial charge in [0, 0.05) is 24.1 Å². The van der Waals surface area contributed by atoms with Gasteiger partial charge in [0.25, 0.3) is 11.8 Å². The van der Waals surface area contributed by atoms with Crippen LogP contribution in [0.2, 0.25) is 0 Å². The number of carboxylic acid groups (broad SMARTS) is 1. The van der Waals surface area contributed by atoms with E-state index in [0.29, 0.717) is 5.56 Å². The highest BCUT2D eigenvalue weighted by molar-refractivity contribution is 6.30. The number of imide groups is 2. The summed E-state index contributed by atoms with van der Waals surface area (Å²) >= 11 is 0. The smallest absolute Gasteiger partial charge is 0.335 e. The van der Waals surface area contributed by atoms with Gasteiger partial charge in [-0.25, -0.2) is 9.59 Å². The molecule has 2 heterocycles. The Balaban J connectivity index is 2.08. The largest absolute Gasteiger partial charge is 0.478 e. The van der Waals surface area contributed by atoms with Gasteiger partial charge in [-0.3, -0.25) is 19.8 Å². The first-order valence-electron chi connectivity index (χ1n) is 8.50. The zero-order valence-corrected chi connectivity index (χ0v) is 15.9. The molecule has 2 N–H and O–H groups in total. The number of barbiturate groups is 1. The number of hydrogen-bond donors (Lipinski definition) is 2. The third-order valence-electron chi connectivity index (χ3n) is 4.76. The number of aryl methyl sites for hydroxylation is 2. The van der Waals surface area contributed by atoms with Crippen LogP contribution in [0.25, 0.3) is 11.8 Å². The summed E-state index contributed by atoms with van der Waals surface area (Å²) in [4.78, 5) is 47.9. The first kappa shape index (κ1) is 19.1. The van der Waals surface area contributed by atoms with Crippen LogP contribution in [0.4, 0.5) is 4.79 Å². The number of benzene rings is 1. The van der Waals surface area contributed by atoms with Gasteiger partial charge in [0.2, 0.25) is 0 Å². The van der Waals surface area contributed by atoms with Crippen molar-refractivity contribution in [1.82, 2.24) is 14.8 Å². The highest BCUT2D eigenvalue weighted by Crippen LogP contribution is 2.26. The lowest BCUT2D eigenvalue weighted by atomic mass is 10.1. The maximum Gasteiger partial charge on any atom is 0.335 e. The fourth-order valence-corrected chi connectivity index (χ4v) is 3.24. The lowest BCUT2D eigenvalue weighted by Gasteiger charge is -2.22. The highest BCUT2D eigenvalue weighted by atomic mass is 16.4. The van der Waals surface area contributed by atoms with Crippen molar-refractivity contribution in [3.05, 3.63) is 57.9 Å². The Kier molecular flexibility index (Phi) is 4.64. The van der Waals surface area contributed by atoms with Crippen molar-refractivity contribution in [3.8, 4) is 5.69 Å². The molecule has 3 rings (SSSR count). The summed E-state index contributed by atoms with van der Waals surface area (Å²) in [5.74, 6) is -2.40. The first-order chi connectivity index (χ1) is 13.1. The lowest BCUT2D eigenvalue weighted by molar-refractivity contribution is -0.129. The molecule has 0 atom stereocenters. The van der Waals surface area contributed by atoms with Crippen molar-refractivity contribution >= 4 is 29.9 Å². The number of hydrogen-bond acceptors (Lipinski definition) is 4. The Labute approximate surface area is 161 Å². The quantitative estimate of drug-likeness (QED) is 0.626. The minimum absolute atomic E-state index is 0.125. The molecule has 8 heteroatoms. The average molecular weight is 381 g/mol. The van der Waals surface area contributed by atoms with Gasteiger partial charge < -0.3 is 9.67 Å². The maximum atomic E-state index is 12.3. The standard InChI is InChI=1S/C20H19N3O5/c1-10-7-13(19(26)27)5-6-16(10)23-11(2)8-14(12(23)3)9-15-17(24)21-20(28)22(4)18(15)25/h5-9H,1-4H3,(H,26,27)(H,21,24,28). The number of carboxylic acids is 1. The summed E-state index contributed by atoms with van der Waals surface area (Å²) in [6, 6.07) is 5.91. The molecule has 28 heavy (non-hydrogen) atoms. The van der Waals surface area contributed by atoms with Gasteiger partial charge in [-0.15, -0.1) is 0 Å². The molecule has 1 aliphatic rings. The number of aromatic carboxylic acids is 1. The SMILES string of the molecule is Cc1cc(C(=O)O)ccc1-n1c(C)cc(C=C2C(=O)NC(=O)N(C)C2=O)c1C. The summed E-state index contributed by atoms with van der Waals surface area (Å²) in [6.07, 6.45) is 1.46. The van der Waals surface area contributed by atoms with Gasteiger partial charge in [-0.05, 0) is 62.2 Å². The van der Waals surface area contributed by atoms with E-state index in [4.69, 9.17) is 5.11 Å². The molecule has 1 aromatic carbocycles. The average Bonchev–Trinajstić information content (AvgIpc) is 2.90. The molecule has 1 saturated heterocycles. The van der Waals surface area contributed by atoms with Crippen molar-refractivity contribution in [2.24, 2.45) is 0 Å². The Bertz CT molecular complexity index is 1080. The Hall–Kier alpha value is -3.68. The molecule has 1 aliphatic heterocycles. The van der Waals surface area contributed by atoms with E-state index in [1.807, 2.05) is 31.4 Å². The number of rotatable bonds is 3. The zero-order chi connectivity index (χ0) is 20.7.